The summed E-state index contributed by atoms with van der Waals surface area (Å²) in [4.78, 5) is 37.7. The summed E-state index contributed by atoms with van der Waals surface area (Å²) in [6, 6.07) is 13.3. The molecule has 1 fully saturated rings. The van der Waals surface area contributed by atoms with Gasteiger partial charge in [0.15, 0.2) is 5.16 Å². The van der Waals surface area contributed by atoms with Crippen molar-refractivity contribution in [3.8, 4) is 0 Å². The monoisotopic (exact) mass is 479 g/mol. The van der Waals surface area contributed by atoms with Crippen molar-refractivity contribution in [3.05, 3.63) is 71.3 Å². The van der Waals surface area contributed by atoms with Crippen molar-refractivity contribution in [1.29, 1.82) is 0 Å². The predicted octanol–water partition coefficient (Wildman–Crippen LogP) is 3.52. The third-order valence-corrected chi connectivity index (χ3v) is 6.64. The summed E-state index contributed by atoms with van der Waals surface area (Å²) in [5.74, 6) is 2.25. The van der Waals surface area contributed by atoms with Gasteiger partial charge in [-0.1, -0.05) is 30.8 Å². The topological polar surface area (TPSA) is 91.6 Å². The standard InChI is InChI=1S/C25H29N5O3S/c1-3-21-15-23(30-11-9-29(10-12-30)18(2)31)28-25(27-21)34-17-19-6-4-7-20(14-19)24(32)26-16-22-8-5-13-33-22/h4-8,13-15H,3,9-12,16-17H2,1-2H3,(H,26,32). The number of nitrogens with zero attached hydrogens (tertiary/aromatic N) is 4. The van der Waals surface area contributed by atoms with Crippen molar-refractivity contribution in [2.24, 2.45) is 0 Å². The van der Waals surface area contributed by atoms with Crippen LogP contribution in [-0.2, 0) is 23.5 Å². The zero-order chi connectivity index (χ0) is 23.9. The van der Waals surface area contributed by atoms with E-state index in [0.717, 1.165) is 41.7 Å². The summed E-state index contributed by atoms with van der Waals surface area (Å²) in [5.41, 5.74) is 2.63. The molecule has 0 bridgehead atoms. The van der Waals surface area contributed by atoms with Crippen LogP contribution in [-0.4, -0.2) is 52.9 Å². The molecule has 2 aromatic heterocycles. The molecule has 178 valence electrons. The first-order chi connectivity index (χ1) is 16.5. The quantitative estimate of drug-likeness (QED) is 0.390. The average molecular weight is 480 g/mol. The second-order valence-electron chi connectivity index (χ2n) is 8.10. The number of amides is 2. The van der Waals surface area contributed by atoms with Crippen LogP contribution in [0.5, 0.6) is 0 Å². The van der Waals surface area contributed by atoms with Crippen molar-refractivity contribution in [1.82, 2.24) is 20.2 Å². The molecule has 0 spiro atoms. The van der Waals surface area contributed by atoms with Crippen molar-refractivity contribution < 1.29 is 14.0 Å². The fraction of sp³-hybridized carbons (Fsp3) is 0.360. The summed E-state index contributed by atoms with van der Waals surface area (Å²) < 4.78 is 5.27. The summed E-state index contributed by atoms with van der Waals surface area (Å²) >= 11 is 1.56. The number of rotatable bonds is 8. The Bertz CT molecular complexity index is 1130. The first kappa shape index (κ1) is 23.8. The minimum atomic E-state index is -0.139. The van der Waals surface area contributed by atoms with Gasteiger partial charge >= 0.3 is 0 Å². The third-order valence-electron chi connectivity index (χ3n) is 5.72. The molecule has 1 aliphatic heterocycles. The molecule has 0 aliphatic carbocycles. The molecule has 9 heteroatoms. The SMILES string of the molecule is CCc1cc(N2CCN(C(C)=O)CC2)nc(SCc2cccc(C(=O)NCc3ccco3)c2)n1. The number of aromatic nitrogens is 2. The summed E-state index contributed by atoms with van der Waals surface area (Å²) in [6.07, 6.45) is 2.41. The zero-order valence-electron chi connectivity index (χ0n) is 19.5. The number of thioether (sulfide) groups is 1. The number of carbonyl (C=O) groups excluding carboxylic acids is 2. The van der Waals surface area contributed by atoms with Crippen LogP contribution in [0.1, 0.15) is 41.2 Å². The molecule has 3 heterocycles. The van der Waals surface area contributed by atoms with Gasteiger partial charge in [-0.25, -0.2) is 9.97 Å². The molecule has 0 saturated carbocycles. The highest BCUT2D eigenvalue weighted by Crippen LogP contribution is 2.24. The molecule has 1 aromatic carbocycles. The third kappa shape index (κ3) is 6.17. The maximum atomic E-state index is 12.5. The molecule has 0 atom stereocenters. The Kier molecular flexibility index (Phi) is 7.84. The number of anilines is 1. The Hall–Kier alpha value is -3.33. The van der Waals surface area contributed by atoms with Gasteiger partial charge < -0.3 is 19.5 Å². The van der Waals surface area contributed by atoms with E-state index < -0.39 is 0 Å². The Labute approximate surface area is 203 Å². The van der Waals surface area contributed by atoms with Crippen LogP contribution in [0.3, 0.4) is 0 Å². The van der Waals surface area contributed by atoms with Gasteiger partial charge in [0.05, 0.1) is 12.8 Å². The van der Waals surface area contributed by atoms with Crippen molar-refractivity contribution in [3.63, 3.8) is 0 Å². The number of benzene rings is 1. The van der Waals surface area contributed by atoms with E-state index in [1.165, 1.54) is 0 Å². The van der Waals surface area contributed by atoms with Crippen molar-refractivity contribution in [2.75, 3.05) is 31.1 Å². The highest BCUT2D eigenvalue weighted by atomic mass is 32.2. The number of nitrogens with one attached hydrogen (secondary N) is 1. The lowest BCUT2D eigenvalue weighted by Crippen LogP contribution is -2.48. The second kappa shape index (κ2) is 11.2. The molecular formula is C25H29N5O3S. The van der Waals surface area contributed by atoms with E-state index in [0.29, 0.717) is 36.7 Å². The van der Waals surface area contributed by atoms with Crippen LogP contribution >= 0.6 is 11.8 Å². The van der Waals surface area contributed by atoms with Crippen LogP contribution in [0.4, 0.5) is 5.82 Å². The first-order valence-electron chi connectivity index (χ1n) is 11.4. The van der Waals surface area contributed by atoms with Crippen LogP contribution < -0.4 is 10.2 Å². The van der Waals surface area contributed by atoms with Crippen LogP contribution in [0.15, 0.2) is 58.3 Å². The maximum Gasteiger partial charge on any atom is 0.251 e. The van der Waals surface area contributed by atoms with Gasteiger partial charge in [-0.3, -0.25) is 9.59 Å². The Morgan fingerprint density at radius 3 is 2.62 bits per heavy atom. The van der Waals surface area contributed by atoms with Crippen LogP contribution in [0.2, 0.25) is 0 Å². The highest BCUT2D eigenvalue weighted by molar-refractivity contribution is 7.98. The summed E-state index contributed by atoms with van der Waals surface area (Å²) in [7, 11) is 0. The lowest BCUT2D eigenvalue weighted by molar-refractivity contribution is -0.129. The number of hydrogen-bond donors (Lipinski definition) is 1. The normalized spacial score (nSPS) is 13.7. The average Bonchev–Trinajstić information content (AvgIpc) is 3.40. The summed E-state index contributed by atoms with van der Waals surface area (Å²) in [5, 5.41) is 3.60. The number of hydrogen-bond acceptors (Lipinski definition) is 7. The maximum absolute atomic E-state index is 12.5. The Balaban J connectivity index is 1.39. The van der Waals surface area contributed by atoms with E-state index in [9.17, 15) is 9.59 Å². The molecular weight excluding hydrogens is 450 g/mol. The fourth-order valence-electron chi connectivity index (χ4n) is 3.75. The van der Waals surface area contributed by atoms with E-state index in [4.69, 9.17) is 14.4 Å². The largest absolute Gasteiger partial charge is 0.467 e. The molecule has 8 nitrogen and oxygen atoms in total. The van der Waals surface area contributed by atoms with Gasteiger partial charge in [0.2, 0.25) is 5.91 Å². The molecule has 1 saturated heterocycles. The highest BCUT2D eigenvalue weighted by Gasteiger charge is 2.20. The van der Waals surface area contributed by atoms with E-state index in [1.807, 2.05) is 35.2 Å². The lowest BCUT2D eigenvalue weighted by atomic mass is 10.1. The minimum absolute atomic E-state index is 0.115. The van der Waals surface area contributed by atoms with Gasteiger partial charge in [-0.2, -0.15) is 0 Å². The predicted molar refractivity (Wildman–Crippen MR) is 132 cm³/mol. The molecule has 0 radical (unpaired) electrons. The van der Waals surface area contributed by atoms with E-state index in [2.05, 4.69) is 17.1 Å². The molecule has 0 unspecified atom stereocenters. The lowest BCUT2D eigenvalue weighted by Gasteiger charge is -2.35. The molecule has 1 aliphatic rings. The van der Waals surface area contributed by atoms with Gasteiger partial charge in [0, 0.05) is 56.2 Å². The molecule has 1 N–H and O–H groups in total. The van der Waals surface area contributed by atoms with Gasteiger partial charge in [0.1, 0.15) is 11.6 Å². The van der Waals surface area contributed by atoms with Crippen molar-refractivity contribution >= 4 is 29.4 Å². The van der Waals surface area contributed by atoms with E-state index in [1.54, 1.807) is 37.1 Å². The van der Waals surface area contributed by atoms with Gasteiger partial charge in [-0.15, -0.1) is 0 Å². The Morgan fingerprint density at radius 2 is 1.91 bits per heavy atom. The fourth-order valence-corrected chi connectivity index (χ4v) is 4.57. The minimum Gasteiger partial charge on any atom is -0.467 e. The molecule has 4 rings (SSSR count). The van der Waals surface area contributed by atoms with E-state index in [-0.39, 0.29) is 11.8 Å². The number of piperazine rings is 1. The molecule has 2 amide bonds. The van der Waals surface area contributed by atoms with Gasteiger partial charge in [0.25, 0.3) is 5.91 Å². The first-order valence-corrected chi connectivity index (χ1v) is 12.4. The van der Waals surface area contributed by atoms with Gasteiger partial charge in [-0.05, 0) is 36.2 Å². The number of aryl methyl sites for hydroxylation is 1. The zero-order valence-corrected chi connectivity index (χ0v) is 20.3. The number of furan rings is 1. The van der Waals surface area contributed by atoms with Crippen LogP contribution in [0.25, 0.3) is 0 Å². The Morgan fingerprint density at radius 1 is 1.09 bits per heavy atom. The smallest absolute Gasteiger partial charge is 0.251 e. The molecule has 3 aromatic rings. The summed E-state index contributed by atoms with van der Waals surface area (Å²) in [6.45, 7) is 6.99. The second-order valence-corrected chi connectivity index (χ2v) is 9.04. The molecule has 34 heavy (non-hydrogen) atoms. The van der Waals surface area contributed by atoms with Crippen LogP contribution in [0, 0.1) is 0 Å². The van der Waals surface area contributed by atoms with E-state index >= 15 is 0 Å². The number of carbonyl (C=O) groups is 2. The van der Waals surface area contributed by atoms with Crippen molar-refractivity contribution in [2.45, 2.75) is 37.7 Å².